The van der Waals surface area contributed by atoms with Crippen LogP contribution in [0.1, 0.15) is 85.5 Å². The maximum Gasteiger partial charge on any atom is 0.427 e. The third-order valence-electron chi connectivity index (χ3n) is 12.4. The number of rotatable bonds is 10. The summed E-state index contributed by atoms with van der Waals surface area (Å²) in [6, 6.07) is 5.79. The number of nitrogens with one attached hydrogen (secondary N) is 1. The van der Waals surface area contributed by atoms with E-state index in [0.29, 0.717) is 41.7 Å². The molecule has 1 aromatic heterocycles. The van der Waals surface area contributed by atoms with E-state index in [9.17, 15) is 45.2 Å². The summed E-state index contributed by atoms with van der Waals surface area (Å²) in [5.41, 5.74) is -3.67. The second-order valence-electron chi connectivity index (χ2n) is 17.2. The molecule has 7 atom stereocenters. The van der Waals surface area contributed by atoms with Crippen LogP contribution in [0.5, 0.6) is 11.5 Å². The second kappa shape index (κ2) is 16.1. The van der Waals surface area contributed by atoms with Gasteiger partial charge in [0.25, 0.3) is 0 Å². The Balaban J connectivity index is 1.34. The van der Waals surface area contributed by atoms with Crippen LogP contribution in [0, 0.1) is 29.1 Å². The monoisotopic (exact) mass is 837 g/mol. The van der Waals surface area contributed by atoms with Crippen molar-refractivity contribution in [2.45, 2.75) is 114 Å². The van der Waals surface area contributed by atoms with Crippen LogP contribution < -0.4 is 14.2 Å². The van der Waals surface area contributed by atoms with Crippen LogP contribution in [0.25, 0.3) is 10.9 Å². The first-order valence-electron chi connectivity index (χ1n) is 19.7. The van der Waals surface area contributed by atoms with E-state index in [2.05, 4.69) is 9.71 Å². The number of pyridine rings is 1. The maximum absolute atomic E-state index is 14.8. The summed E-state index contributed by atoms with van der Waals surface area (Å²) in [6.07, 6.45) is 0.121. The molecule has 0 radical (unpaired) electrons. The van der Waals surface area contributed by atoms with E-state index < -0.39 is 105 Å². The molecule has 2 amide bonds. The predicted octanol–water partition coefficient (Wildman–Crippen LogP) is 6.41. The minimum atomic E-state index is -4.88. The minimum absolute atomic E-state index is 0.0123. The Morgan fingerprint density at radius 1 is 1.07 bits per heavy atom. The summed E-state index contributed by atoms with van der Waals surface area (Å²) in [7, 11) is -2.89. The number of halogens is 4. The number of methoxy groups -OCH3 is 1. The second-order valence-corrected chi connectivity index (χ2v) is 19.3. The van der Waals surface area contributed by atoms with Gasteiger partial charge in [-0.25, -0.2) is 12.8 Å². The SMILES string of the molecule is COc1ccc2ncc(O[C@@H]3CC4C(=O)C[C@]5(C(=O)NS(=O)(=O)C6(CF)CC6)C[C@H]5/C=C\CC[C@@H](C)C[C@@H](C)[C@H](CC(=O)OC(C)(C)C(F)(F)F)C(=O)N4C3)cc2c1. The highest BCUT2D eigenvalue weighted by molar-refractivity contribution is 7.91. The first-order chi connectivity index (χ1) is 27.1. The Hall–Kier alpha value is -4.28. The first-order valence-corrected chi connectivity index (χ1v) is 21.1. The Kier molecular flexibility index (Phi) is 12.0. The van der Waals surface area contributed by atoms with Crippen molar-refractivity contribution in [1.29, 1.82) is 0 Å². The summed E-state index contributed by atoms with van der Waals surface area (Å²) in [6.45, 7) is 3.83. The number of aromatic nitrogens is 1. The molecule has 1 saturated heterocycles. The fourth-order valence-electron chi connectivity index (χ4n) is 8.28. The number of carbonyl (C=O) groups excluding carboxylic acids is 4. The fraction of sp³-hybridized carbons (Fsp3) is 0.634. The highest BCUT2D eigenvalue weighted by Gasteiger charge is 2.63. The average molecular weight is 838 g/mol. The van der Waals surface area contributed by atoms with Gasteiger partial charge in [-0.1, -0.05) is 26.0 Å². The van der Waals surface area contributed by atoms with Crippen LogP contribution >= 0.6 is 0 Å². The van der Waals surface area contributed by atoms with Crippen molar-refractivity contribution in [3.63, 3.8) is 0 Å². The van der Waals surface area contributed by atoms with Crippen molar-refractivity contribution in [2.75, 3.05) is 20.3 Å². The lowest BCUT2D eigenvalue weighted by Gasteiger charge is -2.33. The van der Waals surface area contributed by atoms with Gasteiger partial charge in [0.05, 0.1) is 49.2 Å². The number of esters is 1. The molecule has 2 aliphatic heterocycles. The molecule has 0 spiro atoms. The van der Waals surface area contributed by atoms with Crippen molar-refractivity contribution in [3.05, 3.63) is 42.6 Å². The zero-order valence-electron chi connectivity index (χ0n) is 33.3. The molecule has 17 heteroatoms. The van der Waals surface area contributed by atoms with Crippen LogP contribution in [-0.4, -0.2) is 90.9 Å². The van der Waals surface area contributed by atoms with Gasteiger partial charge in [0.1, 0.15) is 29.0 Å². The standard InChI is InChI=1S/C41H51F4N3O9S/c1-24-8-6-7-9-27-19-40(27,37(52)47-58(53,54)39(23-42)12-13-39)20-34(49)33-17-30(56-29-16-26-15-28(55-5)10-11-32(26)46-21-29)22-48(33)36(51)31(25(2)14-24)18-35(50)57-38(3,4)41(43,44)45/h7,9-11,15-16,21,24-25,27,30-31,33H,6,8,12-14,17-20,22-23H2,1-5H3,(H,47,52)/b9-7-/t24-,25-,27-,30-,31+,33?,40-/m1/s1. The normalized spacial score (nSPS) is 29.6. The number of hydrogen-bond acceptors (Lipinski definition) is 10. The van der Waals surface area contributed by atoms with Crippen molar-refractivity contribution in [2.24, 2.45) is 29.1 Å². The number of sulfonamides is 1. The molecule has 6 rings (SSSR count). The van der Waals surface area contributed by atoms with Crippen molar-refractivity contribution >= 4 is 44.5 Å². The molecule has 2 aromatic rings. The lowest BCUT2D eigenvalue weighted by atomic mass is 9.82. The number of carbonyl (C=O) groups is 4. The molecule has 318 valence electrons. The van der Waals surface area contributed by atoms with Gasteiger partial charge in [-0.2, -0.15) is 13.2 Å². The predicted molar refractivity (Wildman–Crippen MR) is 204 cm³/mol. The third-order valence-corrected chi connectivity index (χ3v) is 14.5. The summed E-state index contributed by atoms with van der Waals surface area (Å²) < 4.78 is 98.4. The highest BCUT2D eigenvalue weighted by atomic mass is 32.2. The molecular formula is C41H51F4N3O9S. The minimum Gasteiger partial charge on any atom is -0.497 e. The third kappa shape index (κ3) is 8.83. The summed E-state index contributed by atoms with van der Waals surface area (Å²) in [5.74, 6) is -4.71. The first kappa shape index (κ1) is 43.3. The van der Waals surface area contributed by atoms with E-state index in [1.165, 1.54) is 18.2 Å². The molecule has 1 unspecified atom stereocenters. The molecule has 2 aliphatic carbocycles. The van der Waals surface area contributed by atoms with E-state index >= 15 is 0 Å². The van der Waals surface area contributed by atoms with Gasteiger partial charge in [-0.05, 0) is 94.4 Å². The number of hydrogen-bond donors (Lipinski definition) is 1. The molecule has 58 heavy (non-hydrogen) atoms. The molecular weight excluding hydrogens is 787 g/mol. The van der Waals surface area contributed by atoms with Gasteiger partial charge in [0.2, 0.25) is 27.4 Å². The van der Waals surface area contributed by atoms with Gasteiger partial charge in [-0.3, -0.25) is 28.9 Å². The largest absolute Gasteiger partial charge is 0.497 e. The zero-order chi connectivity index (χ0) is 42.4. The Labute approximate surface area is 335 Å². The van der Waals surface area contributed by atoms with Crippen molar-refractivity contribution in [3.8, 4) is 11.5 Å². The molecule has 3 heterocycles. The lowest BCUT2D eigenvalue weighted by molar-refractivity contribution is -0.257. The molecule has 12 nitrogen and oxygen atoms in total. The number of allylic oxidation sites excluding steroid dienone is 2. The van der Waals surface area contributed by atoms with E-state index in [1.807, 2.05) is 13.0 Å². The quantitative estimate of drug-likeness (QED) is 0.161. The smallest absolute Gasteiger partial charge is 0.427 e. The highest BCUT2D eigenvalue weighted by Crippen LogP contribution is 2.58. The summed E-state index contributed by atoms with van der Waals surface area (Å²) >= 11 is 0. The Bertz CT molecular complexity index is 2070. The number of benzene rings is 1. The molecule has 4 aliphatic rings. The van der Waals surface area contributed by atoms with E-state index in [-0.39, 0.29) is 38.1 Å². The lowest BCUT2D eigenvalue weighted by Crippen LogP contribution is -2.49. The Morgan fingerprint density at radius 2 is 1.78 bits per heavy atom. The number of nitrogens with zero attached hydrogens (tertiary/aromatic N) is 2. The van der Waals surface area contributed by atoms with Gasteiger partial charge in [0.15, 0.2) is 5.78 Å². The van der Waals surface area contributed by atoms with Gasteiger partial charge < -0.3 is 19.1 Å². The zero-order valence-corrected chi connectivity index (χ0v) is 34.1. The van der Waals surface area contributed by atoms with E-state index in [4.69, 9.17) is 14.2 Å². The van der Waals surface area contributed by atoms with Gasteiger partial charge >= 0.3 is 12.1 Å². The van der Waals surface area contributed by atoms with Crippen LogP contribution in [-0.2, 0) is 33.9 Å². The van der Waals surface area contributed by atoms with Gasteiger partial charge in [0, 0.05) is 18.2 Å². The number of alkyl halides is 4. The topological polar surface area (TPSA) is 158 Å². The molecule has 3 fully saturated rings. The maximum atomic E-state index is 14.8. The van der Waals surface area contributed by atoms with Crippen molar-refractivity contribution < 1.29 is 59.4 Å². The van der Waals surface area contributed by atoms with Gasteiger partial charge in [-0.15, -0.1) is 0 Å². The molecule has 2 saturated carbocycles. The van der Waals surface area contributed by atoms with Crippen LogP contribution in [0.15, 0.2) is 42.6 Å². The van der Waals surface area contributed by atoms with Crippen LogP contribution in [0.3, 0.4) is 0 Å². The number of amides is 2. The summed E-state index contributed by atoms with van der Waals surface area (Å²) in [4.78, 5) is 62.2. The van der Waals surface area contributed by atoms with Crippen LogP contribution in [0.4, 0.5) is 17.6 Å². The number of Topliss-reactive ketones (excluding diaryl/α,β-unsaturated/α-hetero) is 1. The van der Waals surface area contributed by atoms with Crippen LogP contribution in [0.2, 0.25) is 0 Å². The fourth-order valence-corrected chi connectivity index (χ4v) is 9.72. The number of ether oxygens (including phenoxy) is 3. The summed E-state index contributed by atoms with van der Waals surface area (Å²) in [5, 5.41) is 0.691. The molecule has 1 N–H and O–H groups in total. The number of ketones is 1. The van der Waals surface area contributed by atoms with E-state index in [0.717, 1.165) is 13.8 Å². The average Bonchev–Trinajstić information content (AvgIpc) is 4.05. The number of fused-ring (bicyclic) bond motifs is 3. The molecule has 0 bridgehead atoms. The van der Waals surface area contributed by atoms with E-state index in [1.54, 1.807) is 37.3 Å². The van der Waals surface area contributed by atoms with Crippen molar-refractivity contribution in [1.82, 2.24) is 14.6 Å². The Morgan fingerprint density at radius 3 is 2.43 bits per heavy atom. The molecule has 1 aromatic carbocycles.